The zero-order valence-corrected chi connectivity index (χ0v) is 5.96. The molecule has 9 heavy (non-hydrogen) atoms. The Kier molecular flexibility index (Phi) is 2.86. The van der Waals surface area contributed by atoms with Crippen LogP contribution in [0.25, 0.3) is 0 Å². The largest absolute Gasteiger partial charge is 0.375 e. The maximum Gasteiger partial charge on any atom is 0.193 e. The molecule has 0 aliphatic heterocycles. The third-order valence-electron chi connectivity index (χ3n) is 0.736. The Labute approximate surface area is 53.6 Å². The van der Waals surface area contributed by atoms with Gasteiger partial charge in [-0.1, -0.05) is 0 Å². The van der Waals surface area contributed by atoms with E-state index < -0.39 is 13.6 Å². The lowest BCUT2D eigenvalue weighted by Gasteiger charge is -2.09. The van der Waals surface area contributed by atoms with Gasteiger partial charge in [0, 0.05) is 0 Å². The van der Waals surface area contributed by atoms with Crippen molar-refractivity contribution in [3.63, 3.8) is 0 Å². The Morgan fingerprint density at radius 2 is 2.33 bits per heavy atom. The highest BCUT2D eigenvalue weighted by molar-refractivity contribution is 7.38. The van der Waals surface area contributed by atoms with Crippen molar-refractivity contribution in [3.8, 4) is 6.07 Å². The molecule has 2 N–H and O–H groups in total. The van der Waals surface area contributed by atoms with Gasteiger partial charge in [0.15, 0.2) is 13.6 Å². The van der Waals surface area contributed by atoms with Gasteiger partial charge in [0.05, 0.1) is 12.2 Å². The fourth-order valence-corrected chi connectivity index (χ4v) is 1.00. The van der Waals surface area contributed by atoms with E-state index in [1.54, 1.807) is 0 Å². The molecule has 5 heteroatoms. The number of rotatable bonds is 2. The first kappa shape index (κ1) is 8.64. The van der Waals surface area contributed by atoms with Gasteiger partial charge in [0.25, 0.3) is 0 Å². The molecule has 0 aromatic heterocycles. The topological polar surface area (TPSA) is 81.3 Å². The quantitative estimate of drug-likeness (QED) is 0.418. The van der Waals surface area contributed by atoms with E-state index in [9.17, 15) is 4.57 Å². The van der Waals surface area contributed by atoms with Crippen molar-refractivity contribution in [2.45, 2.75) is 12.5 Å². The Bertz CT molecular complexity index is 160. The van der Waals surface area contributed by atoms with Crippen molar-refractivity contribution in [2.24, 2.45) is 0 Å². The highest BCUT2D eigenvalue weighted by atomic mass is 31.1. The monoisotopic (exact) mass is 149 g/mol. The second kappa shape index (κ2) is 2.98. The van der Waals surface area contributed by atoms with Crippen LogP contribution in [0.2, 0.25) is 0 Å². The molecule has 0 aromatic carbocycles. The van der Waals surface area contributed by atoms with Gasteiger partial charge in [-0.15, -0.1) is 0 Å². The summed E-state index contributed by atoms with van der Waals surface area (Å²) in [7, 11) is -2.73. The molecule has 0 aliphatic rings. The standard InChI is InChI=1S/C4H8NO3P/c1-4(6,2-5)3-9(7)8/h6,9H,3H2,1H3,(H,7,8). The van der Waals surface area contributed by atoms with Gasteiger partial charge in [-0.3, -0.25) is 4.57 Å². The van der Waals surface area contributed by atoms with Gasteiger partial charge >= 0.3 is 0 Å². The minimum Gasteiger partial charge on any atom is -0.375 e. The van der Waals surface area contributed by atoms with Crippen LogP contribution in [0.3, 0.4) is 0 Å². The van der Waals surface area contributed by atoms with Crippen LogP contribution in [-0.2, 0) is 4.57 Å². The third-order valence-corrected chi connectivity index (χ3v) is 1.73. The SMILES string of the molecule is CC(O)(C#N)C[PH](=O)O. The van der Waals surface area contributed by atoms with Gasteiger partial charge in [0.2, 0.25) is 0 Å². The molecule has 0 amide bonds. The van der Waals surface area contributed by atoms with Crippen molar-refractivity contribution < 1.29 is 14.6 Å². The molecule has 0 bridgehead atoms. The first-order valence-corrected chi connectivity index (χ1v) is 3.89. The molecule has 0 aromatic rings. The fourth-order valence-electron chi connectivity index (χ4n) is 0.334. The summed E-state index contributed by atoms with van der Waals surface area (Å²) in [5, 5.41) is 16.9. The minimum atomic E-state index is -2.73. The zero-order chi connectivity index (χ0) is 7.49. The van der Waals surface area contributed by atoms with E-state index >= 15 is 0 Å². The third kappa shape index (κ3) is 4.16. The first-order chi connectivity index (χ1) is 3.98. The lowest BCUT2D eigenvalue weighted by molar-refractivity contribution is 0.142. The first-order valence-electron chi connectivity index (χ1n) is 2.33. The number of hydrogen-bond acceptors (Lipinski definition) is 3. The lowest BCUT2D eigenvalue weighted by atomic mass is 10.2. The molecule has 0 radical (unpaired) electrons. The van der Waals surface area contributed by atoms with E-state index in [4.69, 9.17) is 15.3 Å². The van der Waals surface area contributed by atoms with Crippen LogP contribution in [0.5, 0.6) is 0 Å². The smallest absolute Gasteiger partial charge is 0.193 e. The molecule has 0 saturated heterocycles. The number of aliphatic hydroxyl groups is 1. The predicted molar refractivity (Wildman–Crippen MR) is 32.3 cm³/mol. The summed E-state index contributed by atoms with van der Waals surface area (Å²) in [6, 6.07) is 1.49. The molecule has 0 spiro atoms. The molecule has 2 unspecified atom stereocenters. The Morgan fingerprint density at radius 1 is 1.89 bits per heavy atom. The van der Waals surface area contributed by atoms with Crippen molar-refractivity contribution in [1.82, 2.24) is 0 Å². The van der Waals surface area contributed by atoms with Crippen LogP contribution < -0.4 is 0 Å². The summed E-state index contributed by atoms with van der Waals surface area (Å²) < 4.78 is 10.0. The van der Waals surface area contributed by atoms with Crippen molar-refractivity contribution in [1.29, 1.82) is 5.26 Å². The van der Waals surface area contributed by atoms with Gasteiger partial charge in [-0.2, -0.15) is 5.26 Å². The summed E-state index contributed by atoms with van der Waals surface area (Å²) in [6.07, 6.45) is -0.353. The molecule has 52 valence electrons. The second-order valence-corrected chi connectivity index (χ2v) is 3.10. The number of hydrogen-bond donors (Lipinski definition) is 2. The van der Waals surface area contributed by atoms with Gasteiger partial charge in [0.1, 0.15) is 0 Å². The average molecular weight is 149 g/mol. The molecule has 0 fully saturated rings. The number of nitrogens with zero attached hydrogens (tertiary/aromatic N) is 1. The van der Waals surface area contributed by atoms with E-state index in [2.05, 4.69) is 0 Å². The molecule has 0 saturated carbocycles. The molecular formula is C4H8NO3P. The van der Waals surface area contributed by atoms with Gasteiger partial charge < -0.3 is 10.00 Å². The summed E-state index contributed by atoms with van der Waals surface area (Å²) in [5.41, 5.74) is -1.65. The van der Waals surface area contributed by atoms with Crippen LogP contribution >= 0.6 is 8.03 Å². The summed E-state index contributed by atoms with van der Waals surface area (Å²) in [5.74, 6) is 0. The maximum absolute atomic E-state index is 10.0. The molecule has 0 aliphatic carbocycles. The van der Waals surface area contributed by atoms with E-state index in [1.165, 1.54) is 13.0 Å². The minimum absolute atomic E-state index is 0.353. The molecule has 4 nitrogen and oxygen atoms in total. The Morgan fingerprint density at radius 3 is 2.44 bits per heavy atom. The molecule has 2 atom stereocenters. The predicted octanol–water partition coefficient (Wildman–Crippen LogP) is -0.272. The Balaban J connectivity index is 3.91. The average Bonchev–Trinajstić information content (AvgIpc) is 1.63. The van der Waals surface area contributed by atoms with Crippen LogP contribution in [0.15, 0.2) is 0 Å². The summed E-state index contributed by atoms with van der Waals surface area (Å²) >= 11 is 0. The van der Waals surface area contributed by atoms with Gasteiger partial charge in [-0.05, 0) is 6.92 Å². The highest BCUT2D eigenvalue weighted by Gasteiger charge is 2.21. The molecule has 0 heterocycles. The van der Waals surface area contributed by atoms with E-state index in [0.29, 0.717) is 0 Å². The Hall–Kier alpha value is -0.360. The molecular weight excluding hydrogens is 141 g/mol. The zero-order valence-electron chi connectivity index (χ0n) is 4.96. The van der Waals surface area contributed by atoms with Crippen LogP contribution in [0, 0.1) is 11.3 Å². The van der Waals surface area contributed by atoms with Crippen LogP contribution in [0.1, 0.15) is 6.92 Å². The lowest BCUT2D eigenvalue weighted by Crippen LogP contribution is -2.24. The van der Waals surface area contributed by atoms with Crippen molar-refractivity contribution in [3.05, 3.63) is 0 Å². The van der Waals surface area contributed by atoms with Gasteiger partial charge in [-0.25, -0.2) is 0 Å². The number of nitriles is 1. The van der Waals surface area contributed by atoms with E-state index in [1.807, 2.05) is 0 Å². The molecule has 0 rings (SSSR count). The summed E-state index contributed by atoms with van der Waals surface area (Å²) in [4.78, 5) is 8.25. The van der Waals surface area contributed by atoms with E-state index in [-0.39, 0.29) is 6.16 Å². The second-order valence-electron chi connectivity index (χ2n) is 1.96. The van der Waals surface area contributed by atoms with Crippen LogP contribution in [-0.4, -0.2) is 21.8 Å². The highest BCUT2D eigenvalue weighted by Crippen LogP contribution is 2.19. The summed E-state index contributed by atoms with van der Waals surface area (Å²) in [6.45, 7) is 1.20. The van der Waals surface area contributed by atoms with Crippen molar-refractivity contribution in [2.75, 3.05) is 6.16 Å². The van der Waals surface area contributed by atoms with Crippen LogP contribution in [0.4, 0.5) is 0 Å². The maximum atomic E-state index is 10.0. The van der Waals surface area contributed by atoms with E-state index in [0.717, 1.165) is 0 Å². The van der Waals surface area contributed by atoms with Crippen molar-refractivity contribution >= 4 is 8.03 Å². The normalized spacial score (nSPS) is 19.8. The fraction of sp³-hybridized carbons (Fsp3) is 0.750.